The van der Waals surface area contributed by atoms with Crippen molar-refractivity contribution in [1.29, 1.82) is 0 Å². The minimum Gasteiger partial charge on any atom is -0.309 e. The molecule has 29 heavy (non-hydrogen) atoms. The quantitative estimate of drug-likeness (QED) is 0.285. The van der Waals surface area contributed by atoms with Crippen molar-refractivity contribution in [3.63, 3.8) is 0 Å². The zero-order valence-corrected chi connectivity index (χ0v) is 16.2. The molecule has 0 saturated carbocycles. The third-order valence-electron chi connectivity index (χ3n) is 5.51. The molecule has 1 nitrogen and oxygen atoms in total. The van der Waals surface area contributed by atoms with Crippen molar-refractivity contribution in [3.8, 4) is 5.69 Å². The maximum absolute atomic E-state index is 3.97. The highest BCUT2D eigenvalue weighted by Gasteiger charge is 2.14. The van der Waals surface area contributed by atoms with Gasteiger partial charge in [-0.05, 0) is 34.7 Å². The van der Waals surface area contributed by atoms with E-state index in [0.29, 0.717) is 0 Å². The van der Waals surface area contributed by atoms with Gasteiger partial charge in [0.2, 0.25) is 0 Å². The topological polar surface area (TPSA) is 4.93 Å². The van der Waals surface area contributed by atoms with Crippen molar-refractivity contribution >= 4 is 38.2 Å². The summed E-state index contributed by atoms with van der Waals surface area (Å²) < 4.78 is 2.38. The first-order chi connectivity index (χ1) is 14.3. The van der Waals surface area contributed by atoms with Crippen LogP contribution in [0.5, 0.6) is 0 Å². The average molecular weight is 371 g/mol. The molecule has 0 atom stereocenters. The van der Waals surface area contributed by atoms with E-state index < -0.39 is 0 Å². The van der Waals surface area contributed by atoms with Gasteiger partial charge in [-0.1, -0.05) is 98.1 Å². The SMILES string of the molecule is C=C/C=C(\C=C)c1cccc(-n2c3ccccc3c3ccc4ccccc4c32)c1. The number of aromatic nitrogens is 1. The van der Waals surface area contributed by atoms with E-state index in [-0.39, 0.29) is 0 Å². The number of hydrogen-bond acceptors (Lipinski definition) is 0. The summed E-state index contributed by atoms with van der Waals surface area (Å²) in [5.74, 6) is 0. The molecule has 0 radical (unpaired) electrons. The fraction of sp³-hybridized carbons (Fsp3) is 0. The van der Waals surface area contributed by atoms with Crippen LogP contribution in [-0.2, 0) is 0 Å². The number of rotatable bonds is 4. The Morgan fingerprint density at radius 2 is 1.52 bits per heavy atom. The Hall–Kier alpha value is -3.84. The van der Waals surface area contributed by atoms with E-state index in [1.807, 2.05) is 12.2 Å². The lowest BCUT2D eigenvalue weighted by Gasteiger charge is -2.12. The van der Waals surface area contributed by atoms with Crippen molar-refractivity contribution in [1.82, 2.24) is 4.57 Å². The minimum atomic E-state index is 1.06. The van der Waals surface area contributed by atoms with Crippen LogP contribution in [0.3, 0.4) is 0 Å². The van der Waals surface area contributed by atoms with E-state index in [2.05, 4.69) is 103 Å². The molecule has 0 saturated heterocycles. The second kappa shape index (κ2) is 6.96. The van der Waals surface area contributed by atoms with Crippen LogP contribution < -0.4 is 0 Å². The molecule has 0 spiro atoms. The summed E-state index contributed by atoms with van der Waals surface area (Å²) in [4.78, 5) is 0. The maximum Gasteiger partial charge on any atom is 0.0619 e. The summed E-state index contributed by atoms with van der Waals surface area (Å²) >= 11 is 0. The van der Waals surface area contributed by atoms with Crippen LogP contribution in [0.2, 0.25) is 0 Å². The van der Waals surface area contributed by atoms with E-state index in [0.717, 1.165) is 16.8 Å². The molecule has 0 amide bonds. The molecule has 1 aromatic heterocycles. The summed E-state index contributed by atoms with van der Waals surface area (Å²) in [7, 11) is 0. The van der Waals surface area contributed by atoms with Gasteiger partial charge in [-0.3, -0.25) is 0 Å². The molecule has 5 aromatic rings. The van der Waals surface area contributed by atoms with Gasteiger partial charge in [-0.25, -0.2) is 0 Å². The lowest BCUT2D eigenvalue weighted by molar-refractivity contribution is 1.18. The Labute approximate surface area is 170 Å². The molecule has 0 aliphatic heterocycles. The predicted molar refractivity (Wildman–Crippen MR) is 127 cm³/mol. The van der Waals surface area contributed by atoms with Crippen molar-refractivity contribution in [2.75, 3.05) is 0 Å². The van der Waals surface area contributed by atoms with Gasteiger partial charge in [0.25, 0.3) is 0 Å². The van der Waals surface area contributed by atoms with Crippen molar-refractivity contribution in [2.45, 2.75) is 0 Å². The third-order valence-corrected chi connectivity index (χ3v) is 5.51. The second-order valence-corrected chi connectivity index (χ2v) is 7.15. The number of para-hydroxylation sites is 1. The molecule has 138 valence electrons. The van der Waals surface area contributed by atoms with Crippen LogP contribution in [0.4, 0.5) is 0 Å². The second-order valence-electron chi connectivity index (χ2n) is 7.15. The monoisotopic (exact) mass is 371 g/mol. The molecule has 1 heterocycles. The summed E-state index contributed by atoms with van der Waals surface area (Å²) in [6.45, 7) is 7.80. The first kappa shape index (κ1) is 17.3. The van der Waals surface area contributed by atoms with E-state index in [1.54, 1.807) is 6.08 Å². The molecule has 0 bridgehead atoms. The van der Waals surface area contributed by atoms with Gasteiger partial charge in [-0.15, -0.1) is 0 Å². The fourth-order valence-corrected chi connectivity index (χ4v) is 4.23. The maximum atomic E-state index is 3.97. The Morgan fingerprint density at radius 1 is 0.724 bits per heavy atom. The van der Waals surface area contributed by atoms with Gasteiger partial charge in [0.1, 0.15) is 0 Å². The zero-order chi connectivity index (χ0) is 19.8. The molecule has 0 aliphatic rings. The molecule has 1 heteroatoms. The summed E-state index contributed by atoms with van der Waals surface area (Å²) in [6.07, 6.45) is 5.67. The van der Waals surface area contributed by atoms with Crippen molar-refractivity contribution < 1.29 is 0 Å². The number of benzene rings is 4. The van der Waals surface area contributed by atoms with E-state index in [9.17, 15) is 0 Å². The van der Waals surface area contributed by atoms with Gasteiger partial charge in [0.15, 0.2) is 0 Å². The van der Waals surface area contributed by atoms with Crippen molar-refractivity contribution in [3.05, 3.63) is 122 Å². The van der Waals surface area contributed by atoms with Crippen LogP contribution in [-0.4, -0.2) is 4.57 Å². The minimum absolute atomic E-state index is 1.06. The lowest BCUT2D eigenvalue weighted by atomic mass is 10.0. The highest BCUT2D eigenvalue weighted by molar-refractivity contribution is 6.18. The normalized spacial score (nSPS) is 11.9. The Morgan fingerprint density at radius 3 is 2.34 bits per heavy atom. The van der Waals surface area contributed by atoms with Crippen LogP contribution in [0.25, 0.3) is 43.8 Å². The van der Waals surface area contributed by atoms with Crippen LogP contribution in [0.1, 0.15) is 5.56 Å². The molecule has 0 aliphatic carbocycles. The smallest absolute Gasteiger partial charge is 0.0619 e. The Bertz CT molecular complexity index is 1430. The van der Waals surface area contributed by atoms with E-state index in [1.165, 1.54) is 32.6 Å². The molecule has 0 N–H and O–H groups in total. The highest BCUT2D eigenvalue weighted by atomic mass is 15.0. The van der Waals surface area contributed by atoms with E-state index >= 15 is 0 Å². The van der Waals surface area contributed by atoms with Crippen LogP contribution in [0, 0.1) is 0 Å². The zero-order valence-electron chi connectivity index (χ0n) is 16.2. The molecule has 0 fully saturated rings. The molecule has 5 rings (SSSR count). The molecular weight excluding hydrogens is 350 g/mol. The average Bonchev–Trinajstić information content (AvgIpc) is 3.12. The van der Waals surface area contributed by atoms with Gasteiger partial charge in [0, 0.05) is 21.8 Å². The van der Waals surface area contributed by atoms with Crippen LogP contribution >= 0.6 is 0 Å². The largest absolute Gasteiger partial charge is 0.309 e. The number of fused-ring (bicyclic) bond motifs is 5. The molecular formula is C28H21N. The first-order valence-electron chi connectivity index (χ1n) is 9.78. The number of allylic oxidation sites excluding steroid dienone is 4. The van der Waals surface area contributed by atoms with Gasteiger partial charge in [0.05, 0.1) is 11.0 Å². The van der Waals surface area contributed by atoms with Gasteiger partial charge >= 0.3 is 0 Å². The van der Waals surface area contributed by atoms with Gasteiger partial charge in [-0.2, -0.15) is 0 Å². The van der Waals surface area contributed by atoms with Crippen LogP contribution in [0.15, 0.2) is 116 Å². The summed E-state index contributed by atoms with van der Waals surface area (Å²) in [5.41, 5.74) is 5.79. The molecule has 0 unspecified atom stereocenters. The Balaban J connectivity index is 1.92. The number of hydrogen-bond donors (Lipinski definition) is 0. The first-order valence-corrected chi connectivity index (χ1v) is 9.78. The standard InChI is InChI=1S/C28H21N/c1-3-10-20(4-2)22-12-9-13-23(19-22)29-27-16-8-7-15-25(27)26-18-17-21-11-5-6-14-24(21)28(26)29/h3-19H,1-2H2/b20-10+. The number of nitrogens with zero attached hydrogens (tertiary/aromatic N) is 1. The van der Waals surface area contributed by atoms with Crippen molar-refractivity contribution in [2.24, 2.45) is 0 Å². The predicted octanol–water partition coefficient (Wildman–Crippen LogP) is 7.69. The highest BCUT2D eigenvalue weighted by Crippen LogP contribution is 2.36. The summed E-state index contributed by atoms with van der Waals surface area (Å²) in [5, 5.41) is 5.05. The Kier molecular flexibility index (Phi) is 4.14. The van der Waals surface area contributed by atoms with Gasteiger partial charge < -0.3 is 4.57 Å². The van der Waals surface area contributed by atoms with E-state index in [4.69, 9.17) is 0 Å². The lowest BCUT2D eigenvalue weighted by Crippen LogP contribution is -1.95. The molecule has 4 aromatic carbocycles. The third kappa shape index (κ3) is 2.71. The fourth-order valence-electron chi connectivity index (χ4n) is 4.23. The summed E-state index contributed by atoms with van der Waals surface area (Å²) in [6, 6.07) is 30.3.